The number of nitrogens with zero attached hydrogens (tertiary/aromatic N) is 4. The van der Waals surface area contributed by atoms with Crippen LogP contribution in [0.2, 0.25) is 0 Å². The quantitative estimate of drug-likeness (QED) is 0.0947. The van der Waals surface area contributed by atoms with Crippen molar-refractivity contribution in [2.45, 2.75) is 90.1 Å². The van der Waals surface area contributed by atoms with Crippen molar-refractivity contribution in [2.75, 3.05) is 6.61 Å². The van der Waals surface area contributed by atoms with E-state index in [1.165, 1.54) is 13.8 Å². The summed E-state index contributed by atoms with van der Waals surface area (Å²) in [5, 5.41) is 16.5. The van der Waals surface area contributed by atoms with E-state index >= 15 is 4.39 Å². The number of aromatic amines is 1. The van der Waals surface area contributed by atoms with Gasteiger partial charge in [-0.2, -0.15) is 0 Å². The highest BCUT2D eigenvalue weighted by Gasteiger charge is 2.57. The van der Waals surface area contributed by atoms with Gasteiger partial charge in [0.25, 0.3) is 12.2 Å². The summed E-state index contributed by atoms with van der Waals surface area (Å²) in [6, 6.07) is -0.206. The number of rotatable bonds is 13. The third-order valence-corrected chi connectivity index (χ3v) is 7.82. The number of hydrogen-bond acceptors (Lipinski definition) is 12. The highest BCUT2D eigenvalue weighted by Crippen LogP contribution is 2.49. The molecule has 1 aromatic heterocycles. The highest BCUT2D eigenvalue weighted by atomic mass is 32.5. The third kappa shape index (κ3) is 8.41. The molecule has 1 unspecified atom stereocenters. The molecule has 0 saturated carbocycles. The molecule has 40 heavy (non-hydrogen) atoms. The Morgan fingerprint density at radius 2 is 1.88 bits per heavy atom. The predicted molar refractivity (Wildman–Crippen MR) is 140 cm³/mol. The number of aliphatic hydroxyl groups is 1. The summed E-state index contributed by atoms with van der Waals surface area (Å²) in [4.78, 5) is 52.9. The fourth-order valence-electron chi connectivity index (χ4n) is 3.38. The van der Waals surface area contributed by atoms with Gasteiger partial charge in [0, 0.05) is 17.2 Å². The van der Waals surface area contributed by atoms with Crippen LogP contribution in [0.15, 0.2) is 27.0 Å². The van der Waals surface area contributed by atoms with Gasteiger partial charge in [-0.1, -0.05) is 5.11 Å². The van der Waals surface area contributed by atoms with Gasteiger partial charge >= 0.3 is 17.6 Å². The molecule has 0 aliphatic carbocycles. The van der Waals surface area contributed by atoms with Crippen LogP contribution in [0.25, 0.3) is 10.4 Å². The Morgan fingerprint density at radius 1 is 1.27 bits per heavy atom. The minimum atomic E-state index is -3.94. The average molecular weight is 611 g/mol. The monoisotopic (exact) mass is 610 g/mol. The van der Waals surface area contributed by atoms with Gasteiger partial charge in [0.2, 0.25) is 5.72 Å². The molecule has 19 heteroatoms. The van der Waals surface area contributed by atoms with Crippen molar-refractivity contribution in [1.82, 2.24) is 14.6 Å². The van der Waals surface area contributed by atoms with Gasteiger partial charge in [-0.15, -0.1) is 0 Å². The zero-order valence-electron chi connectivity index (χ0n) is 22.5. The van der Waals surface area contributed by atoms with Crippen LogP contribution < -0.4 is 16.3 Å². The number of azide groups is 1. The number of nitrogens with one attached hydrogen (secondary N) is 2. The van der Waals surface area contributed by atoms with Crippen molar-refractivity contribution in [3.63, 3.8) is 0 Å². The Morgan fingerprint density at radius 3 is 2.42 bits per heavy atom. The molecule has 0 radical (unpaired) electrons. The lowest BCUT2D eigenvalue weighted by molar-refractivity contribution is -0.155. The van der Waals surface area contributed by atoms with E-state index in [9.17, 15) is 24.3 Å². The van der Waals surface area contributed by atoms with Crippen LogP contribution in [0.1, 0.15) is 47.8 Å². The van der Waals surface area contributed by atoms with E-state index in [0.29, 0.717) is 4.57 Å². The molecule has 1 fully saturated rings. The van der Waals surface area contributed by atoms with Crippen LogP contribution in [0.4, 0.5) is 4.39 Å². The van der Waals surface area contributed by atoms with Gasteiger partial charge in [-0.25, -0.2) is 19.1 Å². The van der Waals surface area contributed by atoms with Gasteiger partial charge in [0.15, 0.2) is 18.5 Å². The Kier molecular flexibility index (Phi) is 11.5. The van der Waals surface area contributed by atoms with Crippen LogP contribution in [0.3, 0.4) is 0 Å². The fraction of sp³-hybridized carbons (Fsp3) is 0.714. The number of hydrogen-bond donors (Lipinski definition) is 3. The fourth-order valence-corrected chi connectivity index (χ4v) is 6.03. The van der Waals surface area contributed by atoms with Gasteiger partial charge < -0.3 is 28.4 Å². The molecule has 1 aliphatic heterocycles. The summed E-state index contributed by atoms with van der Waals surface area (Å²) < 4.78 is 43.2. The summed E-state index contributed by atoms with van der Waals surface area (Å²) in [7, 11) is 0. The molecule has 1 aromatic rings. The lowest BCUT2D eigenvalue weighted by Crippen LogP contribution is -2.43. The van der Waals surface area contributed by atoms with Crippen LogP contribution in [-0.2, 0) is 44.7 Å². The van der Waals surface area contributed by atoms with Gasteiger partial charge in [0.05, 0.1) is 18.8 Å². The number of aromatic nitrogens is 2. The molecule has 7 atom stereocenters. The minimum absolute atomic E-state index is 0.474. The van der Waals surface area contributed by atoms with Crippen LogP contribution in [0, 0.1) is 0 Å². The maximum atomic E-state index is 15.5. The standard InChI is InChI=1S/C21H32FN6O10PS/c1-10(2)35-18(31)12(5)25-39(40,38-13(6)19(32)36-11(3)4)34-9-21(26-27-23)16(22)15(30)17(37-21)28-8-7-14(29)24-20(28)33/h7-8,10-13,15-17,30H,9H2,1-6H3,(H,25,40)(H,24,29,33)/t12-,13-,15+,16-,17+,21+,39?/m0/s1. The lowest BCUT2D eigenvalue weighted by Gasteiger charge is -2.32. The number of carbonyl (C=O) groups is 2. The number of halogens is 1. The molecule has 16 nitrogen and oxygen atoms in total. The first kappa shape index (κ1) is 33.5. The molecule has 0 spiro atoms. The average Bonchev–Trinajstić information content (AvgIpc) is 3.07. The summed E-state index contributed by atoms with van der Waals surface area (Å²) in [6.45, 7) is 4.21. The van der Waals surface area contributed by atoms with Crippen LogP contribution in [0.5, 0.6) is 0 Å². The summed E-state index contributed by atoms with van der Waals surface area (Å²) in [6.07, 6.45) is -7.63. The molecular weight excluding hydrogens is 578 g/mol. The van der Waals surface area contributed by atoms with Crippen LogP contribution >= 0.6 is 6.64 Å². The summed E-state index contributed by atoms with van der Waals surface area (Å²) >= 11 is 5.48. The topological polar surface area (TPSA) is 216 Å². The molecule has 2 heterocycles. The number of carbonyl (C=O) groups excluding carboxylic acids is 2. The first-order chi connectivity index (χ1) is 18.5. The minimum Gasteiger partial charge on any atom is -0.462 e. The molecule has 3 N–H and O–H groups in total. The third-order valence-electron chi connectivity index (χ3n) is 5.17. The first-order valence-electron chi connectivity index (χ1n) is 12.0. The number of aliphatic hydroxyl groups excluding tert-OH is 1. The zero-order chi connectivity index (χ0) is 30.4. The second kappa shape index (κ2) is 13.8. The Labute approximate surface area is 232 Å². The van der Waals surface area contributed by atoms with Crippen molar-refractivity contribution < 1.29 is 42.3 Å². The highest BCUT2D eigenvalue weighted by molar-refractivity contribution is 8.09. The van der Waals surface area contributed by atoms with E-state index in [0.717, 1.165) is 12.3 Å². The van der Waals surface area contributed by atoms with Crippen molar-refractivity contribution in [1.29, 1.82) is 0 Å². The second-order valence-corrected chi connectivity index (χ2v) is 12.5. The van der Waals surface area contributed by atoms with Crippen molar-refractivity contribution >= 4 is 30.4 Å². The van der Waals surface area contributed by atoms with E-state index in [4.69, 9.17) is 40.6 Å². The normalized spacial score (nSPS) is 25.6. The molecular formula is C21H32FN6O10PS. The molecule has 1 aliphatic rings. The maximum Gasteiger partial charge on any atom is 0.335 e. The lowest BCUT2D eigenvalue weighted by atomic mass is 10.1. The first-order valence-corrected chi connectivity index (χ1v) is 14.7. The molecule has 0 aromatic carbocycles. The number of alkyl halides is 1. The second-order valence-electron chi connectivity index (χ2n) is 9.29. The van der Waals surface area contributed by atoms with Gasteiger partial charge in [-0.05, 0) is 58.9 Å². The smallest absolute Gasteiger partial charge is 0.335 e. The summed E-state index contributed by atoms with van der Waals surface area (Å²) in [5.41, 5.74) is 4.77. The van der Waals surface area contributed by atoms with E-state index < -0.39 is 85.0 Å². The van der Waals surface area contributed by atoms with E-state index in [-0.39, 0.29) is 0 Å². The predicted octanol–water partition coefficient (Wildman–Crippen LogP) is 1.30. The van der Waals surface area contributed by atoms with E-state index in [2.05, 4.69) is 15.1 Å². The molecule has 0 amide bonds. The van der Waals surface area contributed by atoms with E-state index in [1.54, 1.807) is 27.7 Å². The molecule has 2 rings (SSSR count). The number of ether oxygens (including phenoxy) is 3. The van der Waals surface area contributed by atoms with Crippen molar-refractivity contribution in [3.05, 3.63) is 43.5 Å². The van der Waals surface area contributed by atoms with Crippen molar-refractivity contribution in [3.8, 4) is 0 Å². The zero-order valence-corrected chi connectivity index (χ0v) is 24.3. The van der Waals surface area contributed by atoms with Crippen molar-refractivity contribution in [2.24, 2.45) is 5.11 Å². The largest absolute Gasteiger partial charge is 0.462 e. The molecule has 0 bridgehead atoms. The van der Waals surface area contributed by atoms with Gasteiger partial charge in [-0.3, -0.25) is 19.1 Å². The number of H-pyrrole nitrogens is 1. The van der Waals surface area contributed by atoms with E-state index in [1.807, 2.05) is 4.98 Å². The summed E-state index contributed by atoms with van der Waals surface area (Å²) in [5.74, 6) is -1.56. The Bertz CT molecular complexity index is 1250. The molecule has 224 valence electrons. The van der Waals surface area contributed by atoms with Crippen LogP contribution in [-0.4, -0.2) is 75.6 Å². The maximum absolute atomic E-state index is 15.5. The Hall–Kier alpha value is -2.69. The van der Waals surface area contributed by atoms with Gasteiger partial charge in [0.1, 0.15) is 12.1 Å². The molecule has 1 saturated heterocycles. The Balaban J connectivity index is 2.40. The SMILES string of the molecule is CC(C)OC(=O)[C@H](C)NP(=S)(OC[C@@]1(N=[N+]=[N-])O[C@@H](n2ccc(=O)[nH]c2=O)[C@H](O)[C@@H]1F)O[C@@H](C)C(=O)OC(C)C. The number of esters is 2.